The largest absolute Gasteiger partial charge is 0.493 e. The monoisotopic (exact) mass is 423 g/mol. The van der Waals surface area contributed by atoms with Gasteiger partial charge in [-0.2, -0.15) is 0 Å². The molecule has 4 rings (SSSR count). The normalized spacial score (nSPS) is 17.5. The molecule has 1 saturated carbocycles. The van der Waals surface area contributed by atoms with Crippen molar-refractivity contribution >= 4 is 11.8 Å². The Bertz CT molecular complexity index is 951. The first-order valence-electron chi connectivity index (χ1n) is 10.9. The average Bonchev–Trinajstić information content (AvgIpc) is 3.29. The third kappa shape index (κ3) is 4.44. The van der Waals surface area contributed by atoms with Gasteiger partial charge in [0.1, 0.15) is 0 Å². The molecule has 0 radical (unpaired) electrons. The van der Waals surface area contributed by atoms with Crippen molar-refractivity contribution in [1.82, 2.24) is 4.90 Å². The highest BCUT2D eigenvalue weighted by molar-refractivity contribution is 6.10. The summed E-state index contributed by atoms with van der Waals surface area (Å²) in [6.07, 6.45) is 5.28. The summed E-state index contributed by atoms with van der Waals surface area (Å²) in [6, 6.07) is 12.5. The second-order valence-corrected chi connectivity index (χ2v) is 8.13. The molecular weight excluding hydrogens is 394 g/mol. The number of ether oxygens (including phenoxy) is 3. The van der Waals surface area contributed by atoms with Crippen molar-refractivity contribution in [2.24, 2.45) is 0 Å². The highest BCUT2D eigenvalue weighted by atomic mass is 16.5. The van der Waals surface area contributed by atoms with E-state index >= 15 is 0 Å². The van der Waals surface area contributed by atoms with Crippen LogP contribution in [0.1, 0.15) is 59.6 Å². The summed E-state index contributed by atoms with van der Waals surface area (Å²) in [5.41, 5.74) is 2.20. The Balaban J connectivity index is 1.69. The zero-order valence-corrected chi connectivity index (χ0v) is 18.1. The highest BCUT2D eigenvalue weighted by Crippen LogP contribution is 2.37. The maximum atomic E-state index is 13.3. The standard InChI is InChI=1S/C25H29NO5/c1-29-14-13-21(26-24(27)16-17-7-3-6-10-20(17)25(26)28)18-11-12-22(30-2)23(15-18)31-19-8-4-5-9-19/h3,6-7,10-12,15,19,21H,4-5,8-9,13-14,16H2,1-2H3. The minimum Gasteiger partial charge on any atom is -0.493 e. The second kappa shape index (κ2) is 9.52. The molecule has 0 bridgehead atoms. The zero-order valence-electron chi connectivity index (χ0n) is 18.1. The highest BCUT2D eigenvalue weighted by Gasteiger charge is 2.36. The number of nitrogens with zero attached hydrogens (tertiary/aromatic N) is 1. The van der Waals surface area contributed by atoms with Crippen LogP contribution in [0.2, 0.25) is 0 Å². The van der Waals surface area contributed by atoms with E-state index in [9.17, 15) is 9.59 Å². The van der Waals surface area contributed by atoms with Gasteiger partial charge < -0.3 is 14.2 Å². The molecule has 6 heteroatoms. The maximum absolute atomic E-state index is 13.3. The predicted molar refractivity (Wildman–Crippen MR) is 116 cm³/mol. The molecule has 31 heavy (non-hydrogen) atoms. The minimum atomic E-state index is -0.440. The Morgan fingerprint density at radius 1 is 1.03 bits per heavy atom. The summed E-state index contributed by atoms with van der Waals surface area (Å²) < 4.78 is 17.1. The summed E-state index contributed by atoms with van der Waals surface area (Å²) in [5, 5.41) is 0. The number of fused-ring (bicyclic) bond motifs is 1. The van der Waals surface area contributed by atoms with Gasteiger partial charge in [-0.25, -0.2) is 0 Å². The van der Waals surface area contributed by atoms with Crippen LogP contribution in [0, 0.1) is 0 Å². The van der Waals surface area contributed by atoms with Crippen LogP contribution >= 0.6 is 0 Å². The van der Waals surface area contributed by atoms with Gasteiger partial charge >= 0.3 is 0 Å². The zero-order chi connectivity index (χ0) is 21.8. The summed E-state index contributed by atoms with van der Waals surface area (Å²) in [6.45, 7) is 0.425. The second-order valence-electron chi connectivity index (χ2n) is 8.13. The van der Waals surface area contributed by atoms with Crippen molar-refractivity contribution in [1.29, 1.82) is 0 Å². The number of hydrogen-bond acceptors (Lipinski definition) is 5. The molecule has 1 fully saturated rings. The minimum absolute atomic E-state index is 0.173. The molecule has 0 spiro atoms. The Kier molecular flexibility index (Phi) is 6.56. The van der Waals surface area contributed by atoms with Crippen LogP contribution in [-0.2, 0) is 16.0 Å². The summed E-state index contributed by atoms with van der Waals surface area (Å²) in [4.78, 5) is 27.7. The fourth-order valence-corrected chi connectivity index (χ4v) is 4.54. The molecule has 0 N–H and O–H groups in total. The van der Waals surface area contributed by atoms with Crippen molar-refractivity contribution in [3.8, 4) is 11.5 Å². The van der Waals surface area contributed by atoms with Gasteiger partial charge in [0.05, 0.1) is 25.7 Å². The first-order chi connectivity index (χ1) is 15.1. The molecule has 1 atom stereocenters. The van der Waals surface area contributed by atoms with E-state index in [2.05, 4.69) is 0 Å². The van der Waals surface area contributed by atoms with Crippen LogP contribution < -0.4 is 9.47 Å². The molecule has 1 aliphatic heterocycles. The molecule has 1 aliphatic carbocycles. The number of amides is 2. The molecule has 6 nitrogen and oxygen atoms in total. The summed E-state index contributed by atoms with van der Waals surface area (Å²) in [5.74, 6) is 0.857. The SMILES string of the molecule is COCCC(c1ccc(OC)c(OC2CCCC2)c1)N1C(=O)Cc2ccccc2C1=O. The molecular formula is C25H29NO5. The van der Waals surface area contributed by atoms with E-state index in [4.69, 9.17) is 14.2 Å². The molecule has 2 aromatic rings. The van der Waals surface area contributed by atoms with Crippen LogP contribution in [0.3, 0.4) is 0 Å². The van der Waals surface area contributed by atoms with E-state index in [1.807, 2.05) is 36.4 Å². The Morgan fingerprint density at radius 2 is 1.81 bits per heavy atom. The summed E-state index contributed by atoms with van der Waals surface area (Å²) >= 11 is 0. The van der Waals surface area contributed by atoms with Crippen molar-refractivity contribution in [3.05, 3.63) is 59.2 Å². The third-order valence-corrected chi connectivity index (χ3v) is 6.15. The topological polar surface area (TPSA) is 65.1 Å². The van der Waals surface area contributed by atoms with E-state index in [-0.39, 0.29) is 24.3 Å². The number of carbonyl (C=O) groups is 2. The van der Waals surface area contributed by atoms with Crippen molar-refractivity contribution in [2.75, 3.05) is 20.8 Å². The number of hydrogen-bond donors (Lipinski definition) is 0. The maximum Gasteiger partial charge on any atom is 0.261 e. The van der Waals surface area contributed by atoms with E-state index in [1.165, 1.54) is 17.7 Å². The van der Waals surface area contributed by atoms with E-state index < -0.39 is 6.04 Å². The van der Waals surface area contributed by atoms with Gasteiger partial charge in [-0.05, 0) is 61.4 Å². The predicted octanol–water partition coefficient (Wildman–Crippen LogP) is 4.32. The van der Waals surface area contributed by atoms with Crippen molar-refractivity contribution in [3.63, 3.8) is 0 Å². The lowest BCUT2D eigenvalue weighted by molar-refractivity contribution is -0.130. The number of methoxy groups -OCH3 is 2. The quantitative estimate of drug-likeness (QED) is 0.592. The number of benzene rings is 2. The van der Waals surface area contributed by atoms with E-state index in [0.717, 1.165) is 24.0 Å². The molecule has 2 aliphatic rings. The van der Waals surface area contributed by atoms with Crippen LogP contribution in [-0.4, -0.2) is 43.6 Å². The number of carbonyl (C=O) groups excluding carboxylic acids is 2. The lowest BCUT2D eigenvalue weighted by Crippen LogP contribution is -2.45. The first kappa shape index (κ1) is 21.4. The molecule has 0 saturated heterocycles. The van der Waals surface area contributed by atoms with Gasteiger partial charge in [0.15, 0.2) is 11.5 Å². The fourth-order valence-electron chi connectivity index (χ4n) is 4.54. The van der Waals surface area contributed by atoms with E-state index in [1.54, 1.807) is 20.3 Å². The third-order valence-electron chi connectivity index (χ3n) is 6.15. The Hall–Kier alpha value is -2.86. The van der Waals surface area contributed by atoms with Crippen LogP contribution in [0.4, 0.5) is 0 Å². The molecule has 0 aromatic heterocycles. The van der Waals surface area contributed by atoms with Gasteiger partial charge in [0.2, 0.25) is 5.91 Å². The molecule has 2 amide bonds. The van der Waals surface area contributed by atoms with E-state index in [0.29, 0.717) is 30.1 Å². The van der Waals surface area contributed by atoms with Gasteiger partial charge in [0, 0.05) is 19.3 Å². The molecule has 1 unspecified atom stereocenters. The van der Waals surface area contributed by atoms with Crippen molar-refractivity contribution in [2.45, 2.75) is 50.7 Å². The molecule has 164 valence electrons. The van der Waals surface area contributed by atoms with Crippen molar-refractivity contribution < 1.29 is 23.8 Å². The Morgan fingerprint density at radius 3 is 2.55 bits per heavy atom. The molecule has 1 heterocycles. The first-order valence-corrected chi connectivity index (χ1v) is 10.9. The average molecular weight is 424 g/mol. The van der Waals surface area contributed by atoms with Gasteiger partial charge in [-0.1, -0.05) is 24.3 Å². The Labute approximate surface area is 183 Å². The van der Waals surface area contributed by atoms with Gasteiger partial charge in [0.25, 0.3) is 5.91 Å². The fraction of sp³-hybridized carbons (Fsp3) is 0.440. The smallest absolute Gasteiger partial charge is 0.261 e. The lowest BCUT2D eigenvalue weighted by Gasteiger charge is -2.34. The number of rotatable bonds is 8. The van der Waals surface area contributed by atoms with Gasteiger partial charge in [-0.15, -0.1) is 0 Å². The molecule has 2 aromatic carbocycles. The van der Waals surface area contributed by atoms with Gasteiger partial charge in [-0.3, -0.25) is 14.5 Å². The van der Waals surface area contributed by atoms with Crippen LogP contribution in [0.25, 0.3) is 0 Å². The number of imide groups is 1. The van der Waals surface area contributed by atoms with Crippen LogP contribution in [0.5, 0.6) is 11.5 Å². The summed E-state index contributed by atoms with van der Waals surface area (Å²) in [7, 11) is 3.24. The van der Waals surface area contributed by atoms with Crippen LogP contribution in [0.15, 0.2) is 42.5 Å². The lowest BCUT2D eigenvalue weighted by atomic mass is 9.93.